The van der Waals surface area contributed by atoms with Gasteiger partial charge in [0.1, 0.15) is 0 Å². The average Bonchev–Trinajstić information content (AvgIpc) is 2.71. The number of thiazole rings is 1. The molecule has 0 aliphatic carbocycles. The number of benzene rings is 1. The van der Waals surface area contributed by atoms with Gasteiger partial charge >= 0.3 is 0 Å². The number of rotatable bonds is 5. The lowest BCUT2D eigenvalue weighted by Gasteiger charge is -2.19. The minimum atomic E-state index is -2.44. The average molecular weight is 258 g/mol. The molecule has 92 valence electrons. The third-order valence-electron chi connectivity index (χ3n) is 2.28. The molecular weight excluding hydrogens is 246 g/mol. The van der Waals surface area contributed by atoms with Crippen molar-refractivity contribution in [1.82, 2.24) is 4.98 Å². The zero-order valence-corrected chi connectivity index (χ0v) is 9.83. The summed E-state index contributed by atoms with van der Waals surface area (Å²) in [7, 11) is 0. The number of anilines is 1. The van der Waals surface area contributed by atoms with Crippen LogP contribution in [-0.4, -0.2) is 36.2 Å². The summed E-state index contributed by atoms with van der Waals surface area (Å²) < 4.78 is 25.8. The van der Waals surface area contributed by atoms with Gasteiger partial charge in [0.2, 0.25) is 0 Å². The molecule has 0 saturated carbocycles. The Bertz CT molecular complexity index is 456. The van der Waals surface area contributed by atoms with Gasteiger partial charge in [0, 0.05) is 6.54 Å². The smallest absolute Gasteiger partial charge is 0.255 e. The van der Waals surface area contributed by atoms with E-state index in [1.54, 1.807) is 0 Å². The van der Waals surface area contributed by atoms with E-state index in [0.717, 1.165) is 10.2 Å². The van der Waals surface area contributed by atoms with Crippen LogP contribution in [0.5, 0.6) is 0 Å². The van der Waals surface area contributed by atoms with Crippen molar-refractivity contribution < 1.29 is 13.9 Å². The Morgan fingerprint density at radius 2 is 2.12 bits per heavy atom. The molecule has 1 aromatic heterocycles. The van der Waals surface area contributed by atoms with E-state index in [-0.39, 0.29) is 13.2 Å². The molecule has 3 nitrogen and oxygen atoms in total. The lowest BCUT2D eigenvalue weighted by atomic mass is 10.3. The maximum Gasteiger partial charge on any atom is 0.255 e. The minimum Gasteiger partial charge on any atom is -0.395 e. The standard InChI is InChI=1S/C11H12F2N2OS/c12-10(13)7-15(5-6-16)11-14-8-3-1-2-4-9(8)17-11/h1-4,10,16H,5-7H2. The van der Waals surface area contributed by atoms with Crippen LogP contribution in [0.4, 0.5) is 13.9 Å². The molecule has 0 atom stereocenters. The third kappa shape index (κ3) is 2.89. The van der Waals surface area contributed by atoms with E-state index in [1.165, 1.54) is 16.2 Å². The van der Waals surface area contributed by atoms with Gasteiger partial charge in [-0.1, -0.05) is 23.5 Å². The SMILES string of the molecule is OCCN(CC(F)F)c1nc2ccccc2s1. The van der Waals surface area contributed by atoms with Crippen molar-refractivity contribution >= 4 is 26.7 Å². The zero-order valence-electron chi connectivity index (χ0n) is 9.01. The van der Waals surface area contributed by atoms with Crippen molar-refractivity contribution in [3.05, 3.63) is 24.3 Å². The molecule has 0 fully saturated rings. The zero-order chi connectivity index (χ0) is 12.3. The summed E-state index contributed by atoms with van der Waals surface area (Å²) >= 11 is 1.36. The first-order valence-corrected chi connectivity index (χ1v) is 6.02. The maximum atomic E-state index is 12.4. The molecule has 0 bridgehead atoms. The molecule has 0 aliphatic rings. The third-order valence-corrected chi connectivity index (χ3v) is 3.38. The predicted molar refractivity (Wildman–Crippen MR) is 64.9 cm³/mol. The topological polar surface area (TPSA) is 36.4 Å². The van der Waals surface area contributed by atoms with Crippen molar-refractivity contribution in [2.45, 2.75) is 6.43 Å². The maximum absolute atomic E-state index is 12.4. The van der Waals surface area contributed by atoms with Crippen LogP contribution in [0, 0.1) is 0 Å². The molecule has 0 spiro atoms. The molecule has 0 amide bonds. The second kappa shape index (κ2) is 5.37. The number of nitrogens with zero attached hydrogens (tertiary/aromatic N) is 2. The van der Waals surface area contributed by atoms with Gasteiger partial charge in [-0.25, -0.2) is 13.8 Å². The van der Waals surface area contributed by atoms with Crippen LogP contribution in [0.3, 0.4) is 0 Å². The molecule has 1 heterocycles. The predicted octanol–water partition coefficient (Wildman–Crippen LogP) is 2.36. The van der Waals surface area contributed by atoms with E-state index >= 15 is 0 Å². The first-order chi connectivity index (χ1) is 8.20. The number of para-hydroxylation sites is 1. The van der Waals surface area contributed by atoms with Gasteiger partial charge in [-0.15, -0.1) is 0 Å². The largest absolute Gasteiger partial charge is 0.395 e. The number of hydrogen-bond acceptors (Lipinski definition) is 4. The highest BCUT2D eigenvalue weighted by Crippen LogP contribution is 2.28. The van der Waals surface area contributed by atoms with E-state index in [4.69, 9.17) is 5.11 Å². The highest BCUT2D eigenvalue weighted by Gasteiger charge is 2.16. The Morgan fingerprint density at radius 1 is 1.35 bits per heavy atom. The van der Waals surface area contributed by atoms with Crippen molar-refractivity contribution in [3.8, 4) is 0 Å². The fraction of sp³-hybridized carbons (Fsp3) is 0.364. The van der Waals surface area contributed by atoms with Crippen molar-refractivity contribution in [2.75, 3.05) is 24.6 Å². The van der Waals surface area contributed by atoms with Gasteiger partial charge in [0.25, 0.3) is 6.43 Å². The molecule has 0 saturated heterocycles. The lowest BCUT2D eigenvalue weighted by molar-refractivity contribution is 0.153. The van der Waals surface area contributed by atoms with Gasteiger partial charge in [-0.3, -0.25) is 0 Å². The first-order valence-electron chi connectivity index (χ1n) is 5.20. The Morgan fingerprint density at radius 3 is 2.76 bits per heavy atom. The highest BCUT2D eigenvalue weighted by molar-refractivity contribution is 7.22. The molecule has 0 aliphatic heterocycles. The molecule has 1 N–H and O–H groups in total. The van der Waals surface area contributed by atoms with E-state index < -0.39 is 13.0 Å². The summed E-state index contributed by atoms with van der Waals surface area (Å²) in [6.45, 7) is -0.396. The quantitative estimate of drug-likeness (QED) is 0.894. The van der Waals surface area contributed by atoms with Crippen LogP contribution in [0.2, 0.25) is 0 Å². The minimum absolute atomic E-state index is 0.164. The summed E-state index contributed by atoms with van der Waals surface area (Å²) in [6, 6.07) is 7.48. The number of aromatic nitrogens is 1. The van der Waals surface area contributed by atoms with Crippen molar-refractivity contribution in [2.24, 2.45) is 0 Å². The summed E-state index contributed by atoms with van der Waals surface area (Å²) in [4.78, 5) is 5.70. The van der Waals surface area contributed by atoms with Gasteiger partial charge in [-0.05, 0) is 12.1 Å². The summed E-state index contributed by atoms with van der Waals surface area (Å²) in [6.07, 6.45) is -2.44. The molecule has 0 unspecified atom stereocenters. The number of halogens is 2. The van der Waals surface area contributed by atoms with E-state index in [0.29, 0.717) is 5.13 Å². The van der Waals surface area contributed by atoms with Crippen LogP contribution in [-0.2, 0) is 0 Å². The Balaban J connectivity index is 2.27. The van der Waals surface area contributed by atoms with Gasteiger partial charge in [-0.2, -0.15) is 0 Å². The second-order valence-corrected chi connectivity index (χ2v) is 4.53. The number of alkyl halides is 2. The number of aliphatic hydroxyl groups is 1. The summed E-state index contributed by atoms with van der Waals surface area (Å²) in [5.74, 6) is 0. The summed E-state index contributed by atoms with van der Waals surface area (Å²) in [5, 5.41) is 9.40. The monoisotopic (exact) mass is 258 g/mol. The Kier molecular flexibility index (Phi) is 3.86. The molecule has 17 heavy (non-hydrogen) atoms. The lowest BCUT2D eigenvalue weighted by Crippen LogP contribution is -2.31. The molecule has 2 rings (SSSR count). The normalized spacial score (nSPS) is 11.3. The van der Waals surface area contributed by atoms with E-state index in [2.05, 4.69) is 4.98 Å². The Labute approximate surface area is 101 Å². The summed E-state index contributed by atoms with van der Waals surface area (Å²) in [5.41, 5.74) is 0.796. The van der Waals surface area contributed by atoms with Crippen LogP contribution >= 0.6 is 11.3 Å². The molecule has 0 radical (unpaired) electrons. The number of aliphatic hydroxyl groups excluding tert-OH is 1. The fourth-order valence-corrected chi connectivity index (χ4v) is 2.55. The fourth-order valence-electron chi connectivity index (χ4n) is 1.55. The van der Waals surface area contributed by atoms with Gasteiger partial charge in [0.05, 0.1) is 23.4 Å². The number of hydrogen-bond donors (Lipinski definition) is 1. The van der Waals surface area contributed by atoms with Gasteiger partial charge < -0.3 is 10.0 Å². The van der Waals surface area contributed by atoms with Crippen molar-refractivity contribution in [3.63, 3.8) is 0 Å². The van der Waals surface area contributed by atoms with Crippen molar-refractivity contribution in [1.29, 1.82) is 0 Å². The Hall–Kier alpha value is -1.27. The molecule has 6 heteroatoms. The van der Waals surface area contributed by atoms with Crippen LogP contribution < -0.4 is 4.90 Å². The number of fused-ring (bicyclic) bond motifs is 1. The molecule has 2 aromatic rings. The van der Waals surface area contributed by atoms with E-state index in [1.807, 2.05) is 24.3 Å². The van der Waals surface area contributed by atoms with Gasteiger partial charge in [0.15, 0.2) is 5.13 Å². The highest BCUT2D eigenvalue weighted by atomic mass is 32.1. The van der Waals surface area contributed by atoms with Crippen LogP contribution in [0.15, 0.2) is 24.3 Å². The van der Waals surface area contributed by atoms with Crippen LogP contribution in [0.1, 0.15) is 0 Å². The van der Waals surface area contributed by atoms with Crippen LogP contribution in [0.25, 0.3) is 10.2 Å². The molecular formula is C11H12F2N2OS. The molecule has 1 aromatic carbocycles. The van der Waals surface area contributed by atoms with E-state index in [9.17, 15) is 8.78 Å². The first kappa shape index (κ1) is 12.2. The second-order valence-electron chi connectivity index (χ2n) is 3.52.